The van der Waals surface area contributed by atoms with Gasteiger partial charge in [0.2, 0.25) is 0 Å². The molecular weight excluding hydrogens is 255 g/mol. The summed E-state index contributed by atoms with van der Waals surface area (Å²) in [6, 6.07) is 0. The van der Waals surface area contributed by atoms with Crippen LogP contribution in [0.4, 0.5) is 0 Å². The first-order valence-electron chi connectivity index (χ1n) is 4.05. The van der Waals surface area contributed by atoms with E-state index in [0.717, 1.165) is 30.3 Å². The maximum absolute atomic E-state index is 9.17. The third-order valence-electron chi connectivity index (χ3n) is 3.07. The zero-order valence-electron chi connectivity index (χ0n) is 6.48. The van der Waals surface area contributed by atoms with Gasteiger partial charge in [-0.1, -0.05) is 22.6 Å². The molecule has 0 spiro atoms. The fraction of sp³-hybridized carbons (Fsp3) is 1.00. The van der Waals surface area contributed by atoms with Gasteiger partial charge in [0.05, 0.1) is 18.8 Å². The fourth-order valence-electron chi connectivity index (χ4n) is 2.24. The van der Waals surface area contributed by atoms with Crippen molar-refractivity contribution in [1.29, 1.82) is 0 Å². The number of aliphatic hydroxyl groups is 1. The highest BCUT2D eigenvalue weighted by Crippen LogP contribution is 2.53. The van der Waals surface area contributed by atoms with Crippen molar-refractivity contribution in [1.82, 2.24) is 0 Å². The summed E-state index contributed by atoms with van der Waals surface area (Å²) < 4.78 is 6.79. The molecule has 2 aliphatic rings. The largest absolute Gasteiger partial charge is 0.396 e. The highest BCUT2D eigenvalue weighted by molar-refractivity contribution is 14.1. The Morgan fingerprint density at radius 1 is 1.45 bits per heavy atom. The van der Waals surface area contributed by atoms with Crippen LogP contribution in [0.5, 0.6) is 0 Å². The van der Waals surface area contributed by atoms with Gasteiger partial charge in [0.1, 0.15) is 0 Å². The Morgan fingerprint density at radius 3 is 2.55 bits per heavy atom. The first-order valence-corrected chi connectivity index (χ1v) is 5.58. The number of fused-ring (bicyclic) bond motifs is 2. The van der Waals surface area contributed by atoms with E-state index in [1.165, 1.54) is 0 Å². The molecule has 1 N–H and O–H groups in total. The van der Waals surface area contributed by atoms with E-state index < -0.39 is 0 Å². The van der Waals surface area contributed by atoms with Gasteiger partial charge in [0.25, 0.3) is 0 Å². The quantitative estimate of drug-likeness (QED) is 0.605. The molecule has 0 radical (unpaired) electrons. The van der Waals surface area contributed by atoms with Crippen LogP contribution in [0, 0.1) is 5.41 Å². The molecule has 64 valence electrons. The second-order valence-electron chi connectivity index (χ2n) is 3.94. The van der Waals surface area contributed by atoms with Gasteiger partial charge in [-0.25, -0.2) is 0 Å². The van der Waals surface area contributed by atoms with Crippen molar-refractivity contribution in [2.75, 3.05) is 17.6 Å². The summed E-state index contributed by atoms with van der Waals surface area (Å²) in [7, 11) is 0. The summed E-state index contributed by atoms with van der Waals surface area (Å²) in [4.78, 5) is 0. The predicted octanol–water partition coefficient (Wildman–Crippen LogP) is 1.35. The van der Waals surface area contributed by atoms with E-state index in [9.17, 15) is 5.11 Å². The summed E-state index contributed by atoms with van der Waals surface area (Å²) in [5, 5.41) is 9.17. The molecule has 3 heteroatoms. The molecule has 2 nitrogen and oxygen atoms in total. The number of hydrogen-bond acceptors (Lipinski definition) is 2. The van der Waals surface area contributed by atoms with Crippen LogP contribution in [0.2, 0.25) is 0 Å². The normalized spacial score (nSPS) is 48.5. The minimum atomic E-state index is 0.142. The summed E-state index contributed by atoms with van der Waals surface area (Å²) in [6.45, 7) is 1.10. The van der Waals surface area contributed by atoms with Crippen molar-refractivity contribution in [2.45, 2.75) is 24.9 Å². The second-order valence-corrected chi connectivity index (χ2v) is 4.70. The van der Waals surface area contributed by atoms with Crippen LogP contribution >= 0.6 is 22.6 Å². The van der Waals surface area contributed by atoms with Gasteiger partial charge in [0.15, 0.2) is 0 Å². The highest BCUT2D eigenvalue weighted by atomic mass is 127. The number of rotatable bonds is 2. The number of aliphatic hydroxyl groups excluding tert-OH is 1. The van der Waals surface area contributed by atoms with Crippen molar-refractivity contribution in [3.63, 3.8) is 0 Å². The van der Waals surface area contributed by atoms with Crippen LogP contribution in [-0.4, -0.2) is 28.3 Å². The smallest absolute Gasteiger partial charge is 0.0779 e. The molecule has 1 aliphatic heterocycles. The molecule has 2 rings (SSSR count). The molecule has 1 saturated heterocycles. The van der Waals surface area contributed by atoms with Gasteiger partial charge in [-0.15, -0.1) is 0 Å². The van der Waals surface area contributed by atoms with E-state index in [1.807, 2.05) is 0 Å². The summed E-state index contributed by atoms with van der Waals surface area (Å²) in [6.07, 6.45) is 3.39. The first-order chi connectivity index (χ1) is 5.24. The lowest BCUT2D eigenvalue weighted by Crippen LogP contribution is -2.29. The molecule has 1 aliphatic carbocycles. The van der Waals surface area contributed by atoms with Crippen molar-refractivity contribution in [3.8, 4) is 0 Å². The van der Waals surface area contributed by atoms with E-state index >= 15 is 0 Å². The Balaban J connectivity index is 2.15. The van der Waals surface area contributed by atoms with Crippen molar-refractivity contribution < 1.29 is 9.84 Å². The van der Waals surface area contributed by atoms with Crippen LogP contribution < -0.4 is 0 Å². The molecule has 2 atom stereocenters. The molecular formula is C8H13IO2. The van der Waals surface area contributed by atoms with E-state index in [0.29, 0.717) is 6.61 Å². The molecule has 2 fully saturated rings. The maximum atomic E-state index is 9.17. The molecule has 0 aromatic carbocycles. The Bertz CT molecular complexity index is 143. The van der Waals surface area contributed by atoms with E-state index in [-0.39, 0.29) is 11.0 Å². The average molecular weight is 268 g/mol. The first kappa shape index (κ1) is 8.26. The molecule has 2 bridgehead atoms. The second kappa shape index (κ2) is 2.57. The number of alkyl halides is 1. The van der Waals surface area contributed by atoms with Gasteiger partial charge in [-0.2, -0.15) is 0 Å². The third kappa shape index (κ3) is 1.12. The Hall–Kier alpha value is 0.650. The highest BCUT2D eigenvalue weighted by Gasteiger charge is 2.54. The molecule has 11 heavy (non-hydrogen) atoms. The molecule has 1 heterocycles. The number of ether oxygens (including phenoxy) is 1. The van der Waals surface area contributed by atoms with Gasteiger partial charge in [-0.3, -0.25) is 0 Å². The van der Waals surface area contributed by atoms with Gasteiger partial charge < -0.3 is 9.84 Å². The van der Waals surface area contributed by atoms with Gasteiger partial charge in [-0.05, 0) is 19.3 Å². The average Bonchev–Trinajstić information content (AvgIpc) is 2.61. The molecule has 1 saturated carbocycles. The standard InChI is InChI=1S/C8H13IO2/c9-4-8-2-1-7(3-8,5-10)6-11-8/h10H,1-6H2. The zero-order chi connectivity index (χ0) is 7.95. The Kier molecular flexibility index (Phi) is 1.93. The molecule has 0 aromatic heterocycles. The number of hydrogen-bond donors (Lipinski definition) is 1. The lowest BCUT2D eigenvalue weighted by molar-refractivity contribution is -0.0202. The van der Waals surface area contributed by atoms with Gasteiger partial charge in [0, 0.05) is 9.84 Å². The molecule has 0 aromatic rings. The predicted molar refractivity (Wildman–Crippen MR) is 50.9 cm³/mol. The van der Waals surface area contributed by atoms with E-state index in [2.05, 4.69) is 22.6 Å². The van der Waals surface area contributed by atoms with Crippen LogP contribution in [0.3, 0.4) is 0 Å². The van der Waals surface area contributed by atoms with E-state index in [1.54, 1.807) is 0 Å². The van der Waals surface area contributed by atoms with Crippen LogP contribution in [0.1, 0.15) is 19.3 Å². The molecule has 0 amide bonds. The van der Waals surface area contributed by atoms with Gasteiger partial charge >= 0.3 is 0 Å². The summed E-state index contributed by atoms with van der Waals surface area (Å²) >= 11 is 2.39. The SMILES string of the molecule is OCC12CCC(CI)(C1)OC2. The monoisotopic (exact) mass is 268 g/mol. The number of halogens is 1. The minimum Gasteiger partial charge on any atom is -0.396 e. The Morgan fingerprint density at radius 2 is 2.27 bits per heavy atom. The lowest BCUT2D eigenvalue weighted by atomic mass is 9.89. The van der Waals surface area contributed by atoms with Crippen molar-refractivity contribution in [3.05, 3.63) is 0 Å². The van der Waals surface area contributed by atoms with Crippen LogP contribution in [0.15, 0.2) is 0 Å². The summed E-state index contributed by atoms with van der Waals surface area (Å²) in [5.41, 5.74) is 0.286. The Labute approximate surface area is 80.5 Å². The topological polar surface area (TPSA) is 29.5 Å². The lowest BCUT2D eigenvalue weighted by Gasteiger charge is -2.25. The minimum absolute atomic E-state index is 0.142. The zero-order valence-corrected chi connectivity index (χ0v) is 8.63. The van der Waals surface area contributed by atoms with Crippen LogP contribution in [-0.2, 0) is 4.74 Å². The van der Waals surface area contributed by atoms with Crippen molar-refractivity contribution >= 4 is 22.6 Å². The van der Waals surface area contributed by atoms with Crippen LogP contribution in [0.25, 0.3) is 0 Å². The van der Waals surface area contributed by atoms with E-state index in [4.69, 9.17) is 4.74 Å². The van der Waals surface area contributed by atoms with Crippen molar-refractivity contribution in [2.24, 2.45) is 5.41 Å². The molecule has 2 unspecified atom stereocenters. The fourth-order valence-corrected chi connectivity index (χ4v) is 3.11. The third-order valence-corrected chi connectivity index (χ3v) is 4.46. The maximum Gasteiger partial charge on any atom is 0.0779 e. The summed E-state index contributed by atoms with van der Waals surface area (Å²) in [5.74, 6) is 0.